The predicted octanol–water partition coefficient (Wildman–Crippen LogP) is 0.173. The summed E-state index contributed by atoms with van der Waals surface area (Å²) in [6, 6.07) is 0. The molecular weight excluding hydrogens is 250 g/mol. The standard InChI is InChI=1S/C12H21N3O2S/c1-9(8-18-4)5-13-6-10-7-14(2)12(17)15(3)11(10)16/h7,9,13H,5-6,8H2,1-4H3. The zero-order chi connectivity index (χ0) is 13.7. The number of hydrogen-bond donors (Lipinski definition) is 1. The molecule has 18 heavy (non-hydrogen) atoms. The van der Waals surface area contributed by atoms with Crippen LogP contribution in [0.3, 0.4) is 0 Å². The molecule has 0 saturated heterocycles. The molecule has 1 N–H and O–H groups in total. The number of nitrogens with one attached hydrogen (secondary N) is 1. The summed E-state index contributed by atoms with van der Waals surface area (Å²) < 4.78 is 2.58. The Morgan fingerprint density at radius 2 is 2.06 bits per heavy atom. The highest BCUT2D eigenvalue weighted by molar-refractivity contribution is 7.98. The fourth-order valence-corrected chi connectivity index (χ4v) is 2.49. The minimum Gasteiger partial charge on any atom is -0.312 e. The molecule has 1 aromatic rings. The Morgan fingerprint density at radius 1 is 1.39 bits per heavy atom. The van der Waals surface area contributed by atoms with Crippen molar-refractivity contribution in [2.24, 2.45) is 20.0 Å². The maximum absolute atomic E-state index is 11.8. The van der Waals surface area contributed by atoms with Crippen LogP contribution in [0.4, 0.5) is 0 Å². The summed E-state index contributed by atoms with van der Waals surface area (Å²) in [7, 11) is 3.16. The monoisotopic (exact) mass is 271 g/mol. The summed E-state index contributed by atoms with van der Waals surface area (Å²) in [6.07, 6.45) is 3.69. The normalized spacial score (nSPS) is 12.7. The van der Waals surface area contributed by atoms with Gasteiger partial charge >= 0.3 is 5.69 Å². The highest BCUT2D eigenvalue weighted by Gasteiger charge is 2.07. The van der Waals surface area contributed by atoms with E-state index >= 15 is 0 Å². The molecule has 6 heteroatoms. The van der Waals surface area contributed by atoms with Crippen LogP contribution < -0.4 is 16.6 Å². The molecule has 0 aliphatic carbocycles. The fraction of sp³-hybridized carbons (Fsp3) is 0.667. The van der Waals surface area contributed by atoms with Crippen LogP contribution in [-0.4, -0.2) is 27.7 Å². The summed E-state index contributed by atoms with van der Waals surface area (Å²) in [5, 5.41) is 3.26. The van der Waals surface area contributed by atoms with Crippen LogP contribution in [0.1, 0.15) is 12.5 Å². The lowest BCUT2D eigenvalue weighted by atomic mass is 10.2. The summed E-state index contributed by atoms with van der Waals surface area (Å²) in [5.41, 5.74) is 0.110. The number of rotatable bonds is 6. The van der Waals surface area contributed by atoms with E-state index < -0.39 is 0 Å². The fourth-order valence-electron chi connectivity index (χ4n) is 1.80. The van der Waals surface area contributed by atoms with E-state index in [1.165, 1.54) is 11.6 Å². The van der Waals surface area contributed by atoms with Gasteiger partial charge in [0.2, 0.25) is 0 Å². The molecule has 0 aromatic carbocycles. The molecular formula is C12H21N3O2S. The van der Waals surface area contributed by atoms with E-state index in [0.717, 1.165) is 16.9 Å². The van der Waals surface area contributed by atoms with Crippen molar-refractivity contribution >= 4 is 11.8 Å². The summed E-state index contributed by atoms with van der Waals surface area (Å²) in [6.45, 7) is 3.54. The highest BCUT2D eigenvalue weighted by atomic mass is 32.2. The van der Waals surface area contributed by atoms with Gasteiger partial charge in [-0.3, -0.25) is 9.36 Å². The second-order valence-corrected chi connectivity index (χ2v) is 5.51. The third-order valence-electron chi connectivity index (χ3n) is 2.78. The van der Waals surface area contributed by atoms with E-state index in [1.807, 2.05) is 11.8 Å². The molecule has 0 aliphatic heterocycles. The number of aromatic nitrogens is 2. The summed E-state index contributed by atoms with van der Waals surface area (Å²) >= 11 is 1.81. The van der Waals surface area contributed by atoms with Crippen molar-refractivity contribution in [1.29, 1.82) is 0 Å². The van der Waals surface area contributed by atoms with Gasteiger partial charge in [0, 0.05) is 32.4 Å². The van der Waals surface area contributed by atoms with Crippen LogP contribution in [0.15, 0.2) is 15.8 Å². The van der Waals surface area contributed by atoms with Crippen molar-refractivity contribution < 1.29 is 0 Å². The van der Waals surface area contributed by atoms with Crippen molar-refractivity contribution in [3.63, 3.8) is 0 Å². The largest absolute Gasteiger partial charge is 0.330 e. The van der Waals surface area contributed by atoms with Crippen molar-refractivity contribution in [3.05, 3.63) is 32.6 Å². The van der Waals surface area contributed by atoms with Gasteiger partial charge in [0.1, 0.15) is 0 Å². The first-order valence-corrected chi connectivity index (χ1v) is 7.32. The number of nitrogens with zero attached hydrogens (tertiary/aromatic N) is 2. The van der Waals surface area contributed by atoms with Gasteiger partial charge in [-0.05, 0) is 24.5 Å². The molecule has 1 unspecified atom stereocenters. The van der Waals surface area contributed by atoms with Crippen LogP contribution in [0, 0.1) is 5.92 Å². The molecule has 1 heterocycles. The lowest BCUT2D eigenvalue weighted by Crippen LogP contribution is -2.39. The summed E-state index contributed by atoms with van der Waals surface area (Å²) in [4.78, 5) is 23.4. The van der Waals surface area contributed by atoms with E-state index in [1.54, 1.807) is 13.2 Å². The van der Waals surface area contributed by atoms with Crippen molar-refractivity contribution in [3.8, 4) is 0 Å². The maximum atomic E-state index is 11.8. The number of aryl methyl sites for hydroxylation is 1. The zero-order valence-corrected chi connectivity index (χ0v) is 12.2. The Balaban J connectivity index is 2.69. The van der Waals surface area contributed by atoms with Crippen molar-refractivity contribution in [1.82, 2.24) is 14.5 Å². The minimum atomic E-state index is -0.292. The molecule has 0 aliphatic rings. The smallest absolute Gasteiger partial charge is 0.312 e. The molecule has 1 aromatic heterocycles. The number of hydrogen-bond acceptors (Lipinski definition) is 4. The van der Waals surface area contributed by atoms with Gasteiger partial charge in [0.05, 0.1) is 0 Å². The molecule has 0 fully saturated rings. The molecule has 1 atom stereocenters. The van der Waals surface area contributed by atoms with Gasteiger partial charge in [-0.2, -0.15) is 11.8 Å². The van der Waals surface area contributed by atoms with Crippen LogP contribution in [0.5, 0.6) is 0 Å². The van der Waals surface area contributed by atoms with Crippen LogP contribution >= 0.6 is 11.8 Å². The third-order valence-corrected chi connectivity index (χ3v) is 3.68. The van der Waals surface area contributed by atoms with E-state index in [-0.39, 0.29) is 11.2 Å². The van der Waals surface area contributed by atoms with Crippen LogP contribution in [0.25, 0.3) is 0 Å². The summed E-state index contributed by atoms with van der Waals surface area (Å²) in [5.74, 6) is 1.66. The molecule has 5 nitrogen and oxygen atoms in total. The maximum Gasteiger partial charge on any atom is 0.330 e. The van der Waals surface area contributed by atoms with Gasteiger partial charge in [0.15, 0.2) is 0 Å². The van der Waals surface area contributed by atoms with Crippen LogP contribution in [0.2, 0.25) is 0 Å². The van der Waals surface area contributed by atoms with Crippen molar-refractivity contribution in [2.45, 2.75) is 13.5 Å². The lowest BCUT2D eigenvalue weighted by molar-refractivity contribution is 0.549. The quantitative estimate of drug-likeness (QED) is 0.801. The van der Waals surface area contributed by atoms with Gasteiger partial charge in [-0.1, -0.05) is 6.92 Å². The Bertz CT molecular complexity index is 507. The SMILES string of the molecule is CSCC(C)CNCc1cn(C)c(=O)n(C)c1=O. The second kappa shape index (κ2) is 6.80. The third kappa shape index (κ3) is 3.74. The van der Waals surface area contributed by atoms with Gasteiger partial charge in [0.25, 0.3) is 5.56 Å². The molecule has 0 saturated carbocycles. The zero-order valence-electron chi connectivity index (χ0n) is 11.4. The first kappa shape index (κ1) is 15.0. The highest BCUT2D eigenvalue weighted by Crippen LogP contribution is 2.02. The molecule has 1 rings (SSSR count). The van der Waals surface area contributed by atoms with Crippen LogP contribution in [-0.2, 0) is 20.6 Å². The average molecular weight is 271 g/mol. The van der Waals surface area contributed by atoms with E-state index in [4.69, 9.17) is 0 Å². The van der Waals surface area contributed by atoms with Gasteiger partial charge in [-0.25, -0.2) is 4.79 Å². The number of thioether (sulfide) groups is 1. The predicted molar refractivity (Wildman–Crippen MR) is 76.2 cm³/mol. The first-order valence-electron chi connectivity index (χ1n) is 5.92. The molecule has 0 spiro atoms. The van der Waals surface area contributed by atoms with Gasteiger partial charge in [-0.15, -0.1) is 0 Å². The topological polar surface area (TPSA) is 56.0 Å². The Labute approximate surface area is 111 Å². The molecule has 102 valence electrons. The van der Waals surface area contributed by atoms with E-state index in [0.29, 0.717) is 18.0 Å². The Hall–Kier alpha value is -1.01. The molecule has 0 radical (unpaired) electrons. The van der Waals surface area contributed by atoms with Gasteiger partial charge < -0.3 is 9.88 Å². The molecule has 0 bridgehead atoms. The molecule has 0 amide bonds. The average Bonchev–Trinajstić information content (AvgIpc) is 2.33. The minimum absolute atomic E-state index is 0.219. The van der Waals surface area contributed by atoms with E-state index in [9.17, 15) is 9.59 Å². The second-order valence-electron chi connectivity index (χ2n) is 4.60. The van der Waals surface area contributed by atoms with Crippen molar-refractivity contribution in [2.75, 3.05) is 18.6 Å². The lowest BCUT2D eigenvalue weighted by Gasteiger charge is -2.11. The Morgan fingerprint density at radius 3 is 2.67 bits per heavy atom. The Kier molecular flexibility index (Phi) is 5.68. The van der Waals surface area contributed by atoms with E-state index in [2.05, 4.69) is 18.5 Å². The first-order chi connectivity index (χ1) is 8.47.